The molecule has 0 saturated carbocycles. The van der Waals surface area contributed by atoms with Gasteiger partial charge in [-0.15, -0.1) is 0 Å². The summed E-state index contributed by atoms with van der Waals surface area (Å²) in [6.45, 7) is 4.66. The summed E-state index contributed by atoms with van der Waals surface area (Å²) in [4.78, 5) is 25.0. The number of anilines is 2. The molecule has 1 aliphatic heterocycles. The average molecular weight is 388 g/mol. The minimum Gasteiger partial charge on any atom is -0.336 e. The summed E-state index contributed by atoms with van der Waals surface area (Å²) in [7, 11) is -1.42. The third kappa shape index (κ3) is 4.27. The van der Waals surface area contributed by atoms with Crippen molar-refractivity contribution in [1.82, 2.24) is 14.9 Å². The van der Waals surface area contributed by atoms with Gasteiger partial charge in [-0.3, -0.25) is 4.79 Å². The summed E-state index contributed by atoms with van der Waals surface area (Å²) in [5.74, 6) is 0.293. The molecule has 1 saturated heterocycles. The summed E-state index contributed by atoms with van der Waals surface area (Å²) in [6, 6.07) is 9.26. The van der Waals surface area contributed by atoms with Gasteiger partial charge in [-0.2, -0.15) is 0 Å². The lowest BCUT2D eigenvalue weighted by atomic mass is 10.2. The number of aromatic nitrogens is 2. The van der Waals surface area contributed by atoms with Crippen LogP contribution < -0.4 is 4.90 Å². The normalized spacial score (nSPS) is 18.3. The second kappa shape index (κ2) is 7.64. The Labute approximate surface area is 160 Å². The first-order valence-corrected chi connectivity index (χ1v) is 10.8. The van der Waals surface area contributed by atoms with Gasteiger partial charge >= 0.3 is 0 Å². The van der Waals surface area contributed by atoms with E-state index in [1.165, 1.54) is 4.90 Å². The lowest BCUT2D eigenvalue weighted by Crippen LogP contribution is -2.38. The highest BCUT2D eigenvalue weighted by Gasteiger charge is 2.33. The fourth-order valence-corrected chi connectivity index (χ4v) is 5.03. The molecule has 1 atom stereocenters. The lowest BCUT2D eigenvalue weighted by Gasteiger charge is -2.24. The number of nitrogens with zero attached hydrogens (tertiary/aromatic N) is 4. The van der Waals surface area contributed by atoms with Crippen molar-refractivity contribution in [3.63, 3.8) is 0 Å². The third-order valence-corrected chi connectivity index (χ3v) is 6.56. The Bertz CT molecular complexity index is 945. The van der Waals surface area contributed by atoms with E-state index >= 15 is 0 Å². The molecule has 144 valence electrons. The molecule has 1 fully saturated rings. The molecular weight excluding hydrogens is 364 g/mol. The first kappa shape index (κ1) is 19.3. The van der Waals surface area contributed by atoms with Crippen LogP contribution in [0.25, 0.3) is 0 Å². The standard InChI is InChI=1S/C19H24N4O3S/c1-4-23(15-7-5-6-14(2)12-15)19-20-10-8-17(21-19)18(24)22(3)16-9-11-27(25,26)13-16/h5-8,10,12,16H,4,9,11,13H2,1-3H3. The molecule has 1 aromatic carbocycles. The highest BCUT2D eigenvalue weighted by atomic mass is 32.2. The number of benzene rings is 1. The Morgan fingerprint density at radius 3 is 2.70 bits per heavy atom. The second-order valence-corrected chi connectivity index (χ2v) is 9.03. The molecule has 2 aromatic rings. The molecule has 0 aliphatic carbocycles. The molecule has 3 rings (SSSR count). The van der Waals surface area contributed by atoms with Gasteiger partial charge in [0.25, 0.3) is 5.91 Å². The summed E-state index contributed by atoms with van der Waals surface area (Å²) in [5, 5.41) is 0. The summed E-state index contributed by atoms with van der Waals surface area (Å²) in [5.41, 5.74) is 2.34. The number of rotatable bonds is 5. The van der Waals surface area contributed by atoms with Gasteiger partial charge in [-0.1, -0.05) is 12.1 Å². The van der Waals surface area contributed by atoms with E-state index < -0.39 is 9.84 Å². The van der Waals surface area contributed by atoms with E-state index in [1.807, 2.05) is 43.0 Å². The van der Waals surface area contributed by atoms with E-state index in [2.05, 4.69) is 9.97 Å². The Morgan fingerprint density at radius 1 is 1.30 bits per heavy atom. The second-order valence-electron chi connectivity index (χ2n) is 6.80. The van der Waals surface area contributed by atoms with Crippen molar-refractivity contribution in [2.24, 2.45) is 0 Å². The van der Waals surface area contributed by atoms with Gasteiger partial charge in [0.05, 0.1) is 11.5 Å². The summed E-state index contributed by atoms with van der Waals surface area (Å²) in [6.07, 6.45) is 2.03. The van der Waals surface area contributed by atoms with Gasteiger partial charge in [0, 0.05) is 31.5 Å². The quantitative estimate of drug-likeness (QED) is 0.781. The van der Waals surface area contributed by atoms with E-state index in [9.17, 15) is 13.2 Å². The van der Waals surface area contributed by atoms with Crippen LogP contribution in [0.4, 0.5) is 11.6 Å². The van der Waals surface area contributed by atoms with Crippen LogP contribution in [-0.2, 0) is 9.84 Å². The van der Waals surface area contributed by atoms with E-state index in [-0.39, 0.29) is 29.1 Å². The average Bonchev–Trinajstić information content (AvgIpc) is 3.01. The van der Waals surface area contributed by atoms with E-state index in [4.69, 9.17) is 0 Å². The molecule has 8 heteroatoms. The van der Waals surface area contributed by atoms with Crippen LogP contribution in [0.1, 0.15) is 29.4 Å². The van der Waals surface area contributed by atoms with Crippen molar-refractivity contribution in [3.8, 4) is 0 Å². The predicted octanol–water partition coefficient (Wildman–Crippen LogP) is 2.20. The Morgan fingerprint density at radius 2 is 2.07 bits per heavy atom. The van der Waals surface area contributed by atoms with E-state index in [0.717, 1.165) is 11.3 Å². The van der Waals surface area contributed by atoms with Gasteiger partial charge < -0.3 is 9.80 Å². The number of carbonyl (C=O) groups is 1. The molecule has 0 radical (unpaired) electrons. The highest BCUT2D eigenvalue weighted by Crippen LogP contribution is 2.23. The van der Waals surface area contributed by atoms with Crippen molar-refractivity contribution in [1.29, 1.82) is 0 Å². The third-order valence-electron chi connectivity index (χ3n) is 4.81. The van der Waals surface area contributed by atoms with Crippen molar-refractivity contribution in [2.45, 2.75) is 26.3 Å². The lowest BCUT2D eigenvalue weighted by molar-refractivity contribution is 0.0741. The van der Waals surface area contributed by atoms with E-state index in [0.29, 0.717) is 18.9 Å². The van der Waals surface area contributed by atoms with Crippen LogP contribution in [0.15, 0.2) is 36.5 Å². The zero-order valence-corrected chi connectivity index (χ0v) is 16.6. The molecule has 0 bridgehead atoms. The molecule has 1 unspecified atom stereocenters. The number of aryl methyl sites for hydroxylation is 1. The molecule has 1 aliphatic rings. The minimum absolute atomic E-state index is 0.0115. The van der Waals surface area contributed by atoms with Gasteiger partial charge in [0.2, 0.25) is 5.95 Å². The first-order valence-electron chi connectivity index (χ1n) is 8.95. The highest BCUT2D eigenvalue weighted by molar-refractivity contribution is 7.91. The summed E-state index contributed by atoms with van der Waals surface area (Å²) >= 11 is 0. The molecule has 1 amide bonds. The number of carbonyl (C=O) groups excluding carboxylic acids is 1. The Kier molecular flexibility index (Phi) is 5.46. The predicted molar refractivity (Wildman–Crippen MR) is 105 cm³/mol. The smallest absolute Gasteiger partial charge is 0.272 e. The number of hydrogen-bond donors (Lipinski definition) is 0. The van der Waals surface area contributed by atoms with Crippen molar-refractivity contribution < 1.29 is 13.2 Å². The molecule has 7 nitrogen and oxygen atoms in total. The van der Waals surface area contributed by atoms with Crippen molar-refractivity contribution in [3.05, 3.63) is 47.8 Å². The molecule has 27 heavy (non-hydrogen) atoms. The van der Waals surface area contributed by atoms with Crippen LogP contribution in [-0.4, -0.2) is 60.3 Å². The van der Waals surface area contributed by atoms with Crippen molar-refractivity contribution in [2.75, 3.05) is 30.0 Å². The van der Waals surface area contributed by atoms with Gasteiger partial charge in [-0.25, -0.2) is 18.4 Å². The first-order chi connectivity index (χ1) is 12.8. The van der Waals surface area contributed by atoms with Crippen LogP contribution in [0.3, 0.4) is 0 Å². The van der Waals surface area contributed by atoms with Crippen LogP contribution >= 0.6 is 0 Å². The number of amides is 1. The maximum absolute atomic E-state index is 12.8. The Hall–Kier alpha value is -2.48. The van der Waals surface area contributed by atoms with Crippen molar-refractivity contribution >= 4 is 27.4 Å². The van der Waals surface area contributed by atoms with Gasteiger partial charge in [0.15, 0.2) is 9.84 Å². The molecule has 0 spiro atoms. The van der Waals surface area contributed by atoms with Crippen LogP contribution in [0.2, 0.25) is 0 Å². The van der Waals surface area contributed by atoms with Gasteiger partial charge in [0.1, 0.15) is 5.69 Å². The molecule has 1 aromatic heterocycles. The van der Waals surface area contributed by atoms with Crippen LogP contribution in [0.5, 0.6) is 0 Å². The number of sulfone groups is 1. The Balaban J connectivity index is 1.85. The SMILES string of the molecule is CCN(c1cccc(C)c1)c1nccc(C(=O)N(C)C2CCS(=O)(=O)C2)n1. The fraction of sp³-hybridized carbons (Fsp3) is 0.421. The fourth-order valence-electron chi connectivity index (χ4n) is 3.26. The molecule has 2 heterocycles. The zero-order valence-electron chi connectivity index (χ0n) is 15.8. The minimum atomic E-state index is -3.06. The van der Waals surface area contributed by atoms with E-state index in [1.54, 1.807) is 19.3 Å². The monoisotopic (exact) mass is 388 g/mol. The van der Waals surface area contributed by atoms with Crippen LogP contribution in [0, 0.1) is 6.92 Å². The maximum atomic E-state index is 12.8. The largest absolute Gasteiger partial charge is 0.336 e. The van der Waals surface area contributed by atoms with Gasteiger partial charge in [-0.05, 0) is 44.0 Å². The molecular formula is C19H24N4O3S. The number of hydrogen-bond acceptors (Lipinski definition) is 6. The zero-order chi connectivity index (χ0) is 19.6. The summed E-state index contributed by atoms with van der Waals surface area (Å²) < 4.78 is 23.4. The maximum Gasteiger partial charge on any atom is 0.272 e. The molecule has 0 N–H and O–H groups in total. The topological polar surface area (TPSA) is 83.5 Å².